The van der Waals surface area contributed by atoms with Crippen molar-refractivity contribution in [1.29, 1.82) is 0 Å². The maximum Gasteiger partial charge on any atom is 0.000179 e. The van der Waals surface area contributed by atoms with E-state index >= 15 is 0 Å². The van der Waals surface area contributed by atoms with E-state index in [0.29, 0.717) is 12.5 Å². The fourth-order valence-corrected chi connectivity index (χ4v) is 3.10. The smallest absolute Gasteiger partial charge is 0.000179 e. The van der Waals surface area contributed by atoms with Crippen LogP contribution in [0.5, 0.6) is 0 Å². The topological polar surface area (TPSA) is 26.0 Å². The molecule has 0 amide bonds. The summed E-state index contributed by atoms with van der Waals surface area (Å²) in [5.74, 6) is 0.372. The van der Waals surface area contributed by atoms with Crippen molar-refractivity contribution in [2.45, 2.75) is 25.7 Å². The summed E-state index contributed by atoms with van der Waals surface area (Å²) in [5, 5.41) is 2.64. The second-order valence-electron chi connectivity index (χ2n) is 5.87. The summed E-state index contributed by atoms with van der Waals surface area (Å²) in [6.45, 7) is 2.86. The molecule has 0 bridgehead atoms. The monoisotopic (exact) mass is 289 g/mol. The molecule has 0 spiro atoms. The van der Waals surface area contributed by atoms with Crippen LogP contribution in [-0.2, 0) is 12.8 Å². The highest BCUT2D eigenvalue weighted by Gasteiger charge is 2.12. The first kappa shape index (κ1) is 14.8. The molecule has 3 rings (SSSR count). The van der Waals surface area contributed by atoms with Gasteiger partial charge in [-0.1, -0.05) is 73.7 Å². The zero-order valence-electron chi connectivity index (χ0n) is 13.1. The molecule has 0 aliphatic heterocycles. The Morgan fingerprint density at radius 2 is 1.59 bits per heavy atom. The van der Waals surface area contributed by atoms with Crippen molar-refractivity contribution in [2.75, 3.05) is 6.54 Å². The zero-order chi connectivity index (χ0) is 15.4. The number of rotatable bonds is 5. The van der Waals surface area contributed by atoms with Crippen molar-refractivity contribution >= 4 is 10.8 Å². The Bertz CT molecular complexity index is 738. The van der Waals surface area contributed by atoms with Crippen molar-refractivity contribution in [3.05, 3.63) is 83.4 Å². The Kier molecular flexibility index (Phi) is 4.55. The zero-order valence-corrected chi connectivity index (χ0v) is 13.1. The number of hydrogen-bond acceptors (Lipinski definition) is 1. The first-order valence-corrected chi connectivity index (χ1v) is 8.07. The highest BCUT2D eigenvalue weighted by molar-refractivity contribution is 5.85. The van der Waals surface area contributed by atoms with Crippen LogP contribution in [-0.4, -0.2) is 6.54 Å². The van der Waals surface area contributed by atoms with E-state index in [1.165, 1.54) is 27.5 Å². The maximum atomic E-state index is 6.07. The molecule has 0 aliphatic rings. The minimum Gasteiger partial charge on any atom is -0.330 e. The van der Waals surface area contributed by atoms with Crippen molar-refractivity contribution in [3.8, 4) is 0 Å². The molecular weight excluding hydrogens is 266 g/mol. The Morgan fingerprint density at radius 3 is 2.32 bits per heavy atom. The number of benzene rings is 3. The lowest BCUT2D eigenvalue weighted by molar-refractivity contribution is 0.697. The molecule has 2 N–H and O–H groups in total. The molecule has 1 heteroatoms. The molecule has 0 fully saturated rings. The summed E-state index contributed by atoms with van der Waals surface area (Å²) < 4.78 is 0. The molecule has 0 saturated carbocycles. The molecule has 0 radical (unpaired) electrons. The summed E-state index contributed by atoms with van der Waals surface area (Å²) >= 11 is 0. The molecular formula is C21H23N. The molecule has 22 heavy (non-hydrogen) atoms. The van der Waals surface area contributed by atoms with Crippen molar-refractivity contribution in [1.82, 2.24) is 0 Å². The third-order valence-corrected chi connectivity index (χ3v) is 4.49. The van der Waals surface area contributed by atoms with Crippen LogP contribution < -0.4 is 5.73 Å². The van der Waals surface area contributed by atoms with Gasteiger partial charge in [-0.3, -0.25) is 0 Å². The Balaban J connectivity index is 1.90. The molecule has 1 atom stereocenters. The van der Waals surface area contributed by atoms with Gasteiger partial charge in [0.1, 0.15) is 0 Å². The largest absolute Gasteiger partial charge is 0.330 e. The normalized spacial score (nSPS) is 12.5. The summed E-state index contributed by atoms with van der Waals surface area (Å²) in [4.78, 5) is 0. The van der Waals surface area contributed by atoms with E-state index in [0.717, 1.165) is 12.8 Å². The van der Waals surface area contributed by atoms with E-state index in [1.54, 1.807) is 0 Å². The van der Waals surface area contributed by atoms with Gasteiger partial charge in [0.2, 0.25) is 0 Å². The highest BCUT2D eigenvalue weighted by Crippen LogP contribution is 2.26. The molecule has 3 aromatic carbocycles. The Labute approximate surface area is 132 Å². The average Bonchev–Trinajstić information content (AvgIpc) is 2.60. The van der Waals surface area contributed by atoms with E-state index in [9.17, 15) is 0 Å². The minimum absolute atomic E-state index is 0.372. The van der Waals surface area contributed by atoms with E-state index in [4.69, 9.17) is 5.73 Å². The van der Waals surface area contributed by atoms with Gasteiger partial charge in [0, 0.05) is 5.92 Å². The van der Waals surface area contributed by atoms with E-state index in [-0.39, 0.29) is 0 Å². The van der Waals surface area contributed by atoms with Gasteiger partial charge in [0.15, 0.2) is 0 Å². The van der Waals surface area contributed by atoms with E-state index in [1.807, 2.05) is 0 Å². The fourth-order valence-electron chi connectivity index (χ4n) is 3.10. The predicted octanol–water partition coefficient (Wildman–Crippen LogP) is 4.69. The lowest BCUT2D eigenvalue weighted by Gasteiger charge is -2.17. The third kappa shape index (κ3) is 3.05. The van der Waals surface area contributed by atoms with Gasteiger partial charge in [-0.15, -0.1) is 0 Å². The number of fused-ring (bicyclic) bond motifs is 1. The molecule has 1 nitrogen and oxygen atoms in total. The lowest BCUT2D eigenvalue weighted by atomic mass is 9.89. The fraction of sp³-hybridized carbons (Fsp3) is 0.238. The van der Waals surface area contributed by atoms with Crippen LogP contribution in [0.25, 0.3) is 10.8 Å². The molecule has 0 saturated heterocycles. The lowest BCUT2D eigenvalue weighted by Crippen LogP contribution is -2.15. The van der Waals surface area contributed by atoms with Gasteiger partial charge < -0.3 is 5.73 Å². The summed E-state index contributed by atoms with van der Waals surface area (Å²) in [6.07, 6.45) is 2.07. The third-order valence-electron chi connectivity index (χ3n) is 4.49. The van der Waals surface area contributed by atoms with Crippen LogP contribution >= 0.6 is 0 Å². The van der Waals surface area contributed by atoms with Gasteiger partial charge in [0.05, 0.1) is 0 Å². The van der Waals surface area contributed by atoms with Crippen LogP contribution in [0.2, 0.25) is 0 Å². The minimum atomic E-state index is 0.372. The van der Waals surface area contributed by atoms with Gasteiger partial charge in [0.25, 0.3) is 0 Å². The first-order valence-electron chi connectivity index (χ1n) is 8.07. The first-order chi connectivity index (χ1) is 10.8. The van der Waals surface area contributed by atoms with E-state index in [2.05, 4.69) is 73.7 Å². The predicted molar refractivity (Wildman–Crippen MR) is 95.3 cm³/mol. The summed E-state index contributed by atoms with van der Waals surface area (Å²) in [6, 6.07) is 24.1. The average molecular weight is 289 g/mol. The number of aryl methyl sites for hydroxylation is 1. The van der Waals surface area contributed by atoms with Gasteiger partial charge in [-0.05, 0) is 46.8 Å². The van der Waals surface area contributed by atoms with E-state index < -0.39 is 0 Å². The molecule has 1 unspecified atom stereocenters. The summed E-state index contributed by atoms with van der Waals surface area (Å²) in [7, 11) is 0. The van der Waals surface area contributed by atoms with Crippen molar-refractivity contribution in [2.24, 2.45) is 5.73 Å². The molecule has 0 aliphatic carbocycles. The highest BCUT2D eigenvalue weighted by atomic mass is 14.5. The maximum absolute atomic E-state index is 6.07. The second kappa shape index (κ2) is 6.76. The van der Waals surface area contributed by atoms with Gasteiger partial charge >= 0.3 is 0 Å². The van der Waals surface area contributed by atoms with Crippen LogP contribution in [0.3, 0.4) is 0 Å². The second-order valence-corrected chi connectivity index (χ2v) is 5.87. The summed E-state index contributed by atoms with van der Waals surface area (Å²) in [5.41, 5.74) is 10.2. The molecule has 0 aromatic heterocycles. The van der Waals surface area contributed by atoms with Crippen LogP contribution in [0, 0.1) is 0 Å². The molecule has 112 valence electrons. The number of nitrogens with two attached hydrogens (primary N) is 1. The quantitative estimate of drug-likeness (QED) is 0.724. The van der Waals surface area contributed by atoms with Crippen molar-refractivity contribution in [3.63, 3.8) is 0 Å². The van der Waals surface area contributed by atoms with Crippen LogP contribution in [0.15, 0.2) is 66.7 Å². The standard InChI is InChI=1S/C21H23N/c1-2-16-10-12-17(13-11-16)20(15-22)14-19-8-5-7-18-6-3-4-9-21(18)19/h3-13,20H,2,14-15,22H2,1H3. The van der Waals surface area contributed by atoms with Gasteiger partial charge in [-0.25, -0.2) is 0 Å². The van der Waals surface area contributed by atoms with Crippen LogP contribution in [0.1, 0.15) is 29.5 Å². The Hall–Kier alpha value is -2.12. The van der Waals surface area contributed by atoms with Crippen LogP contribution in [0.4, 0.5) is 0 Å². The van der Waals surface area contributed by atoms with Gasteiger partial charge in [-0.2, -0.15) is 0 Å². The molecule has 3 aromatic rings. The Morgan fingerprint density at radius 1 is 0.864 bits per heavy atom. The number of hydrogen-bond donors (Lipinski definition) is 1. The van der Waals surface area contributed by atoms with Crippen molar-refractivity contribution < 1.29 is 0 Å². The SMILES string of the molecule is CCc1ccc(C(CN)Cc2cccc3ccccc23)cc1. The molecule has 0 heterocycles.